The van der Waals surface area contributed by atoms with E-state index >= 15 is 0 Å². The molecule has 0 saturated heterocycles. The van der Waals surface area contributed by atoms with E-state index < -0.39 is 17.8 Å². The zero-order valence-corrected chi connectivity index (χ0v) is 12.0. The smallest absolute Gasteiger partial charge is 0.356 e. The van der Waals surface area contributed by atoms with Crippen LogP contribution in [0.25, 0.3) is 0 Å². The lowest BCUT2D eigenvalue weighted by atomic mass is 10.3. The van der Waals surface area contributed by atoms with Gasteiger partial charge in [0, 0.05) is 10.7 Å². The van der Waals surface area contributed by atoms with Gasteiger partial charge in [0.1, 0.15) is 5.82 Å². The van der Waals surface area contributed by atoms with Gasteiger partial charge in [-0.05, 0) is 40.2 Å². The average molecular weight is 354 g/mol. The number of aromatic carboxylic acids is 1. The van der Waals surface area contributed by atoms with Crippen molar-refractivity contribution >= 4 is 39.3 Å². The van der Waals surface area contributed by atoms with Crippen LogP contribution in [0.15, 0.2) is 41.0 Å². The first kappa shape index (κ1) is 14.9. The van der Waals surface area contributed by atoms with Gasteiger partial charge in [0.2, 0.25) is 0 Å². The number of carbonyl (C=O) groups excluding carboxylic acids is 1. The molecule has 0 fully saturated rings. The maximum Gasteiger partial charge on any atom is 0.356 e. The molecule has 2 rings (SSSR count). The Balaban J connectivity index is 2.18. The van der Waals surface area contributed by atoms with Gasteiger partial charge < -0.3 is 15.7 Å². The number of nitrogens with one attached hydrogen (secondary N) is 2. The summed E-state index contributed by atoms with van der Waals surface area (Å²) in [5.74, 6) is -1.90. The summed E-state index contributed by atoms with van der Waals surface area (Å²) in [6, 6.07) is 6.30. The lowest BCUT2D eigenvalue weighted by molar-refractivity contribution is 0.0691. The number of carboxylic acid groups (broad SMARTS) is 1. The first-order chi connectivity index (χ1) is 9.99. The van der Waals surface area contributed by atoms with Crippen LogP contribution in [-0.2, 0) is 0 Å². The molecule has 0 radical (unpaired) electrons. The van der Waals surface area contributed by atoms with Crippen molar-refractivity contribution in [2.45, 2.75) is 0 Å². The number of carbonyl (C=O) groups is 2. The first-order valence-corrected chi connectivity index (χ1v) is 6.48. The molecule has 21 heavy (non-hydrogen) atoms. The van der Waals surface area contributed by atoms with Crippen molar-refractivity contribution in [3.8, 4) is 0 Å². The van der Waals surface area contributed by atoms with Crippen molar-refractivity contribution in [2.75, 3.05) is 10.6 Å². The molecule has 0 bridgehead atoms. The summed E-state index contributed by atoms with van der Waals surface area (Å²) in [5.41, 5.74) is -0.342. The average Bonchev–Trinajstić information content (AvgIpc) is 2.43. The number of rotatable bonds is 3. The molecule has 0 saturated carbocycles. The molecule has 6 nitrogen and oxygen atoms in total. The van der Waals surface area contributed by atoms with Gasteiger partial charge in [-0.2, -0.15) is 0 Å². The highest BCUT2D eigenvalue weighted by molar-refractivity contribution is 9.10. The fraction of sp³-hybridized carbons (Fsp3) is 0. The van der Waals surface area contributed by atoms with Crippen molar-refractivity contribution in [3.05, 3.63) is 52.5 Å². The lowest BCUT2D eigenvalue weighted by Gasteiger charge is -2.11. The molecule has 0 aliphatic rings. The van der Waals surface area contributed by atoms with E-state index in [2.05, 4.69) is 31.5 Å². The van der Waals surface area contributed by atoms with E-state index in [1.807, 2.05) is 0 Å². The fourth-order valence-electron chi connectivity index (χ4n) is 1.56. The highest BCUT2D eigenvalue weighted by Gasteiger charge is 2.15. The summed E-state index contributed by atoms with van der Waals surface area (Å²) in [7, 11) is 0. The number of urea groups is 1. The Labute approximate surface area is 127 Å². The number of aromatic nitrogens is 1. The number of para-hydroxylation sites is 1. The summed E-state index contributed by atoms with van der Waals surface area (Å²) >= 11 is 3.11. The molecule has 2 amide bonds. The molecule has 1 heterocycles. The summed E-state index contributed by atoms with van der Waals surface area (Å²) in [6.07, 6.45) is 1.29. The second-order valence-electron chi connectivity index (χ2n) is 3.88. The maximum atomic E-state index is 13.6. The van der Waals surface area contributed by atoms with Crippen LogP contribution in [0.5, 0.6) is 0 Å². The predicted octanol–water partition coefficient (Wildman–Crippen LogP) is 3.33. The lowest BCUT2D eigenvalue weighted by Crippen LogP contribution is -2.22. The number of amides is 2. The van der Waals surface area contributed by atoms with Gasteiger partial charge in [-0.15, -0.1) is 0 Å². The standard InChI is InChI=1S/C13H9BrFN3O3/c14-7-3-1-4-8(15)10(7)18-13(21)17-9-5-2-6-16-11(9)12(19)20/h1-6H,(H,19,20)(H2,17,18,21). The molecular weight excluding hydrogens is 345 g/mol. The number of benzene rings is 1. The summed E-state index contributed by atoms with van der Waals surface area (Å²) < 4.78 is 13.9. The van der Waals surface area contributed by atoms with Gasteiger partial charge >= 0.3 is 12.0 Å². The van der Waals surface area contributed by atoms with Crippen molar-refractivity contribution in [1.82, 2.24) is 4.98 Å². The van der Waals surface area contributed by atoms with E-state index in [0.717, 1.165) is 0 Å². The summed E-state index contributed by atoms with van der Waals surface area (Å²) in [6.45, 7) is 0. The molecule has 0 aliphatic heterocycles. The highest BCUT2D eigenvalue weighted by Crippen LogP contribution is 2.25. The number of pyridine rings is 1. The van der Waals surface area contributed by atoms with Gasteiger partial charge in [0.05, 0.1) is 11.4 Å². The molecule has 1 aromatic heterocycles. The Hall–Kier alpha value is -2.48. The normalized spacial score (nSPS) is 10.0. The van der Waals surface area contributed by atoms with Crippen molar-refractivity contribution < 1.29 is 19.1 Å². The van der Waals surface area contributed by atoms with Gasteiger partial charge in [-0.3, -0.25) is 0 Å². The molecule has 3 N–H and O–H groups in total. The molecule has 2 aromatic rings. The SMILES string of the molecule is O=C(Nc1cccnc1C(=O)O)Nc1c(F)cccc1Br. The van der Waals surface area contributed by atoms with Crippen LogP contribution >= 0.6 is 15.9 Å². The maximum absolute atomic E-state index is 13.6. The molecule has 1 aromatic carbocycles. The van der Waals surface area contributed by atoms with E-state index in [9.17, 15) is 14.0 Å². The second-order valence-corrected chi connectivity index (χ2v) is 4.73. The van der Waals surface area contributed by atoms with E-state index in [1.54, 1.807) is 6.07 Å². The second kappa shape index (κ2) is 6.31. The molecule has 0 aliphatic carbocycles. The van der Waals surface area contributed by atoms with Crippen LogP contribution in [0.3, 0.4) is 0 Å². The van der Waals surface area contributed by atoms with Crippen molar-refractivity contribution in [3.63, 3.8) is 0 Å². The van der Waals surface area contributed by atoms with Gasteiger partial charge in [0.15, 0.2) is 5.69 Å². The van der Waals surface area contributed by atoms with Crippen LogP contribution < -0.4 is 10.6 Å². The zero-order chi connectivity index (χ0) is 15.4. The van der Waals surface area contributed by atoms with Crippen LogP contribution in [0.2, 0.25) is 0 Å². The van der Waals surface area contributed by atoms with E-state index in [-0.39, 0.29) is 17.1 Å². The number of hydrogen-bond donors (Lipinski definition) is 3. The predicted molar refractivity (Wildman–Crippen MR) is 77.9 cm³/mol. The molecular formula is C13H9BrFN3O3. The molecule has 0 unspecified atom stereocenters. The Morgan fingerprint density at radius 3 is 2.62 bits per heavy atom. The van der Waals surface area contributed by atoms with Crippen molar-refractivity contribution in [1.29, 1.82) is 0 Å². The van der Waals surface area contributed by atoms with Crippen LogP contribution in [0.4, 0.5) is 20.6 Å². The topological polar surface area (TPSA) is 91.3 Å². The Bertz CT molecular complexity index is 689. The van der Waals surface area contributed by atoms with Crippen LogP contribution in [0.1, 0.15) is 10.5 Å². The minimum Gasteiger partial charge on any atom is -0.476 e. The summed E-state index contributed by atoms with van der Waals surface area (Å²) in [5, 5.41) is 13.6. The monoisotopic (exact) mass is 353 g/mol. The van der Waals surface area contributed by atoms with Gasteiger partial charge in [-0.1, -0.05) is 6.07 Å². The van der Waals surface area contributed by atoms with E-state index in [4.69, 9.17) is 5.11 Å². The molecule has 108 valence electrons. The minimum atomic E-state index is -1.28. The Kier molecular flexibility index (Phi) is 4.49. The van der Waals surface area contributed by atoms with Gasteiger partial charge in [-0.25, -0.2) is 19.0 Å². The van der Waals surface area contributed by atoms with E-state index in [1.165, 1.54) is 30.5 Å². The minimum absolute atomic E-state index is 0.00922. The fourth-order valence-corrected chi connectivity index (χ4v) is 2.00. The highest BCUT2D eigenvalue weighted by atomic mass is 79.9. The molecule has 0 atom stereocenters. The molecule has 8 heteroatoms. The third kappa shape index (κ3) is 3.54. The third-order valence-corrected chi connectivity index (χ3v) is 3.12. The zero-order valence-electron chi connectivity index (χ0n) is 10.4. The quantitative estimate of drug-likeness (QED) is 0.789. The van der Waals surface area contributed by atoms with E-state index in [0.29, 0.717) is 4.47 Å². The number of nitrogens with zero attached hydrogens (tertiary/aromatic N) is 1. The first-order valence-electron chi connectivity index (χ1n) is 5.69. The van der Waals surface area contributed by atoms with Crippen LogP contribution in [-0.4, -0.2) is 22.1 Å². The summed E-state index contributed by atoms with van der Waals surface area (Å²) in [4.78, 5) is 26.4. The number of carboxylic acids is 1. The number of halogens is 2. The Morgan fingerprint density at radius 2 is 1.95 bits per heavy atom. The Morgan fingerprint density at radius 1 is 1.19 bits per heavy atom. The van der Waals surface area contributed by atoms with Crippen LogP contribution in [0, 0.1) is 5.82 Å². The number of hydrogen-bond acceptors (Lipinski definition) is 3. The van der Waals surface area contributed by atoms with Crippen molar-refractivity contribution in [2.24, 2.45) is 0 Å². The van der Waals surface area contributed by atoms with Gasteiger partial charge in [0.25, 0.3) is 0 Å². The third-order valence-electron chi connectivity index (χ3n) is 2.46. The molecule has 0 spiro atoms. The largest absolute Gasteiger partial charge is 0.476 e. The number of anilines is 2.